The normalized spacial score (nSPS) is 17.5. The molecule has 0 unspecified atom stereocenters. The summed E-state index contributed by atoms with van der Waals surface area (Å²) in [5.74, 6) is -0.434. The van der Waals surface area contributed by atoms with Crippen molar-refractivity contribution in [3.8, 4) is 0 Å². The molecule has 7 heteroatoms. The molecular formula is C17H20N4O3. The van der Waals surface area contributed by atoms with Gasteiger partial charge in [-0.25, -0.2) is 4.79 Å². The summed E-state index contributed by atoms with van der Waals surface area (Å²) in [6, 6.07) is 8.59. The largest absolute Gasteiger partial charge is 0.368 e. The maximum atomic E-state index is 12.1. The Hall–Kier alpha value is -2.67. The van der Waals surface area contributed by atoms with Gasteiger partial charge < -0.3 is 5.73 Å². The van der Waals surface area contributed by atoms with E-state index in [-0.39, 0.29) is 11.2 Å². The summed E-state index contributed by atoms with van der Waals surface area (Å²) in [6.45, 7) is 0.942. The number of fused-ring (bicyclic) bond motifs is 1. The average molecular weight is 328 g/mol. The van der Waals surface area contributed by atoms with Crippen molar-refractivity contribution in [3.05, 3.63) is 68.0 Å². The molecule has 0 bridgehead atoms. The monoisotopic (exact) mass is 328 g/mol. The average Bonchev–Trinajstić information content (AvgIpc) is 2.57. The lowest BCUT2D eigenvalue weighted by Crippen LogP contribution is -2.44. The van der Waals surface area contributed by atoms with E-state index >= 15 is 0 Å². The number of carbonyl (C=O) groups excluding carboxylic acids is 1. The summed E-state index contributed by atoms with van der Waals surface area (Å²) >= 11 is 0. The number of primary amides is 1. The molecule has 0 aliphatic carbocycles. The Morgan fingerprint density at radius 2 is 1.92 bits per heavy atom. The highest BCUT2D eigenvalue weighted by Gasteiger charge is 2.31. The smallest absolute Gasteiger partial charge is 0.330 e. The number of nitrogens with two attached hydrogens (primary N) is 1. The SMILES string of the molecule is Cn1c(CN2CCc3ccccc3[C@H]2C(N)=O)cc(=O)n(C)c1=O. The zero-order valence-electron chi connectivity index (χ0n) is 13.7. The Labute approximate surface area is 138 Å². The predicted octanol–water partition coefficient (Wildman–Crippen LogP) is -0.331. The molecule has 1 amide bonds. The molecule has 0 spiro atoms. The van der Waals surface area contributed by atoms with Gasteiger partial charge >= 0.3 is 5.69 Å². The first kappa shape index (κ1) is 16.2. The Morgan fingerprint density at radius 3 is 2.62 bits per heavy atom. The van der Waals surface area contributed by atoms with Crippen molar-refractivity contribution in [1.29, 1.82) is 0 Å². The number of nitrogens with zero attached hydrogens (tertiary/aromatic N) is 3. The lowest BCUT2D eigenvalue weighted by Gasteiger charge is -2.35. The van der Waals surface area contributed by atoms with Gasteiger partial charge in [-0.3, -0.25) is 23.6 Å². The summed E-state index contributed by atoms with van der Waals surface area (Å²) in [4.78, 5) is 37.9. The van der Waals surface area contributed by atoms with E-state index in [0.29, 0.717) is 18.8 Å². The minimum atomic E-state index is -0.561. The predicted molar refractivity (Wildman–Crippen MR) is 89.4 cm³/mol. The van der Waals surface area contributed by atoms with Gasteiger partial charge in [0.1, 0.15) is 6.04 Å². The number of amides is 1. The van der Waals surface area contributed by atoms with Gasteiger partial charge in [0.25, 0.3) is 5.56 Å². The fourth-order valence-corrected chi connectivity index (χ4v) is 3.26. The van der Waals surface area contributed by atoms with Crippen LogP contribution >= 0.6 is 0 Å². The van der Waals surface area contributed by atoms with Crippen LogP contribution < -0.4 is 17.0 Å². The third-order valence-electron chi connectivity index (χ3n) is 4.64. The lowest BCUT2D eigenvalue weighted by molar-refractivity contribution is -0.124. The number of carbonyl (C=O) groups is 1. The van der Waals surface area contributed by atoms with Crippen LogP contribution in [0.2, 0.25) is 0 Å². The highest BCUT2D eigenvalue weighted by atomic mass is 16.2. The summed E-state index contributed by atoms with van der Waals surface area (Å²) < 4.78 is 2.49. The van der Waals surface area contributed by atoms with Crippen LogP contribution in [0.4, 0.5) is 0 Å². The fraction of sp³-hybridized carbons (Fsp3) is 0.353. The number of benzene rings is 1. The first-order valence-corrected chi connectivity index (χ1v) is 7.77. The Balaban J connectivity index is 2.01. The minimum absolute atomic E-state index is 0.309. The second kappa shape index (κ2) is 6.09. The fourth-order valence-electron chi connectivity index (χ4n) is 3.26. The van der Waals surface area contributed by atoms with Crippen LogP contribution in [0.3, 0.4) is 0 Å². The van der Waals surface area contributed by atoms with Crippen molar-refractivity contribution < 1.29 is 4.79 Å². The molecule has 0 saturated carbocycles. The number of aromatic nitrogens is 2. The van der Waals surface area contributed by atoms with Crippen LogP contribution in [0.1, 0.15) is 22.9 Å². The molecule has 0 saturated heterocycles. The van der Waals surface area contributed by atoms with Gasteiger partial charge in [0.05, 0.1) is 0 Å². The molecule has 2 heterocycles. The van der Waals surface area contributed by atoms with Crippen LogP contribution in [0.15, 0.2) is 39.9 Å². The molecule has 1 aromatic heterocycles. The van der Waals surface area contributed by atoms with E-state index in [0.717, 1.165) is 22.1 Å². The maximum absolute atomic E-state index is 12.1. The zero-order valence-corrected chi connectivity index (χ0v) is 13.7. The van der Waals surface area contributed by atoms with Gasteiger partial charge in [0, 0.05) is 38.9 Å². The third kappa shape index (κ3) is 2.67. The Kier molecular flexibility index (Phi) is 4.11. The van der Waals surface area contributed by atoms with E-state index in [1.165, 1.54) is 17.7 Å². The summed E-state index contributed by atoms with van der Waals surface area (Å²) in [5.41, 5.74) is 7.45. The van der Waals surface area contributed by atoms with E-state index in [2.05, 4.69) is 0 Å². The van der Waals surface area contributed by atoms with Crippen molar-refractivity contribution in [2.45, 2.75) is 19.0 Å². The van der Waals surface area contributed by atoms with Crippen molar-refractivity contribution in [2.24, 2.45) is 19.8 Å². The molecule has 24 heavy (non-hydrogen) atoms. The second-order valence-corrected chi connectivity index (χ2v) is 6.10. The van der Waals surface area contributed by atoms with Gasteiger partial charge in [0.2, 0.25) is 5.91 Å². The lowest BCUT2D eigenvalue weighted by atomic mass is 9.92. The number of rotatable bonds is 3. The van der Waals surface area contributed by atoms with Gasteiger partial charge in [-0.2, -0.15) is 0 Å². The van der Waals surface area contributed by atoms with Gasteiger partial charge in [-0.1, -0.05) is 24.3 Å². The number of hydrogen-bond donors (Lipinski definition) is 1. The molecule has 1 aliphatic heterocycles. The molecule has 1 aromatic carbocycles. The summed E-state index contributed by atoms with van der Waals surface area (Å²) in [6.07, 6.45) is 0.790. The van der Waals surface area contributed by atoms with Gasteiger partial charge in [-0.15, -0.1) is 0 Å². The maximum Gasteiger partial charge on any atom is 0.330 e. The van der Waals surface area contributed by atoms with E-state index in [4.69, 9.17) is 5.73 Å². The standard InChI is InChI=1S/C17H20N4O3/c1-19-12(9-14(22)20(2)17(19)24)10-21-8-7-11-5-3-4-6-13(11)15(21)16(18)23/h3-6,9,15H,7-8,10H2,1-2H3,(H2,18,23)/t15-/m0/s1. The van der Waals surface area contributed by atoms with E-state index < -0.39 is 11.9 Å². The van der Waals surface area contributed by atoms with Crippen LogP contribution in [0.25, 0.3) is 0 Å². The third-order valence-corrected chi connectivity index (χ3v) is 4.64. The quantitative estimate of drug-likeness (QED) is 0.835. The molecule has 2 N–H and O–H groups in total. The van der Waals surface area contributed by atoms with E-state index in [1.54, 1.807) is 7.05 Å². The van der Waals surface area contributed by atoms with Crippen LogP contribution in [0.5, 0.6) is 0 Å². The van der Waals surface area contributed by atoms with E-state index in [1.807, 2.05) is 29.2 Å². The molecular weight excluding hydrogens is 308 g/mol. The van der Waals surface area contributed by atoms with Gasteiger partial charge in [0.15, 0.2) is 0 Å². The molecule has 3 rings (SSSR count). The molecule has 0 radical (unpaired) electrons. The molecule has 1 aliphatic rings. The highest BCUT2D eigenvalue weighted by molar-refractivity contribution is 5.82. The summed E-state index contributed by atoms with van der Waals surface area (Å²) in [5, 5.41) is 0. The second-order valence-electron chi connectivity index (χ2n) is 6.10. The van der Waals surface area contributed by atoms with Crippen molar-refractivity contribution in [1.82, 2.24) is 14.0 Å². The molecule has 7 nitrogen and oxygen atoms in total. The van der Waals surface area contributed by atoms with Crippen LogP contribution in [0, 0.1) is 0 Å². The van der Waals surface area contributed by atoms with E-state index in [9.17, 15) is 14.4 Å². The molecule has 0 fully saturated rings. The number of hydrogen-bond acceptors (Lipinski definition) is 4. The Bertz CT molecular complexity index is 913. The first-order valence-electron chi connectivity index (χ1n) is 7.77. The molecule has 1 atom stereocenters. The first-order chi connectivity index (χ1) is 11.4. The van der Waals surface area contributed by atoms with Crippen molar-refractivity contribution in [3.63, 3.8) is 0 Å². The Morgan fingerprint density at radius 1 is 1.21 bits per heavy atom. The van der Waals surface area contributed by atoms with Crippen LogP contribution in [-0.4, -0.2) is 26.5 Å². The zero-order chi connectivity index (χ0) is 17.4. The van der Waals surface area contributed by atoms with Crippen molar-refractivity contribution in [2.75, 3.05) is 6.54 Å². The highest BCUT2D eigenvalue weighted by Crippen LogP contribution is 2.30. The molecule has 126 valence electrons. The van der Waals surface area contributed by atoms with Crippen molar-refractivity contribution >= 4 is 5.91 Å². The molecule has 2 aromatic rings. The summed E-state index contributed by atoms with van der Waals surface area (Å²) in [7, 11) is 3.06. The topological polar surface area (TPSA) is 90.3 Å². The minimum Gasteiger partial charge on any atom is -0.368 e. The van der Waals surface area contributed by atoms with Gasteiger partial charge in [-0.05, 0) is 17.5 Å². The van der Waals surface area contributed by atoms with Crippen LogP contribution in [-0.2, 0) is 31.9 Å².